The van der Waals surface area contributed by atoms with Crippen LogP contribution >= 0.6 is 0 Å². The van der Waals surface area contributed by atoms with E-state index in [0.717, 1.165) is 6.20 Å². The van der Waals surface area contributed by atoms with Crippen LogP contribution in [0.5, 0.6) is 0 Å². The van der Waals surface area contributed by atoms with Crippen LogP contribution in [-0.4, -0.2) is 27.6 Å². The van der Waals surface area contributed by atoms with Crippen molar-refractivity contribution in [2.24, 2.45) is 0 Å². The molecule has 2 aromatic rings. The van der Waals surface area contributed by atoms with E-state index in [-0.39, 0.29) is 17.2 Å². The van der Waals surface area contributed by atoms with Gasteiger partial charge in [0.05, 0.1) is 11.9 Å². The van der Waals surface area contributed by atoms with E-state index in [9.17, 15) is 14.0 Å². The Labute approximate surface area is 144 Å². The van der Waals surface area contributed by atoms with Crippen LogP contribution in [0.4, 0.5) is 20.7 Å². The normalized spacial score (nSPS) is 10.9. The molecular formula is C17H19FN4O3. The second-order valence-corrected chi connectivity index (χ2v) is 6.29. The molecule has 0 saturated heterocycles. The van der Waals surface area contributed by atoms with E-state index in [0.29, 0.717) is 5.69 Å². The van der Waals surface area contributed by atoms with Crippen molar-refractivity contribution in [3.05, 3.63) is 47.7 Å². The first-order valence-electron chi connectivity index (χ1n) is 7.54. The lowest BCUT2D eigenvalue weighted by atomic mass is 10.2. The largest absolute Gasteiger partial charge is 0.444 e. The molecule has 0 aliphatic rings. The topological polar surface area (TPSA) is 93.2 Å². The number of rotatable bonds is 3. The Balaban J connectivity index is 2.21. The number of hydrogen-bond donors (Lipinski definition) is 2. The first kappa shape index (κ1) is 18.3. The number of nitrogens with one attached hydrogen (secondary N) is 2. The van der Waals surface area contributed by atoms with E-state index in [4.69, 9.17) is 4.74 Å². The first-order valence-corrected chi connectivity index (χ1v) is 7.54. The number of aryl methyl sites for hydroxylation is 1. The number of halogens is 1. The summed E-state index contributed by atoms with van der Waals surface area (Å²) in [7, 11) is 0. The number of aromatic nitrogens is 2. The zero-order chi connectivity index (χ0) is 18.6. The maximum absolute atomic E-state index is 12.9. The average Bonchev–Trinajstić information content (AvgIpc) is 2.49. The molecule has 0 aromatic carbocycles. The summed E-state index contributed by atoms with van der Waals surface area (Å²) in [4.78, 5) is 32.3. The quantitative estimate of drug-likeness (QED) is 0.887. The average molecular weight is 346 g/mol. The van der Waals surface area contributed by atoms with Gasteiger partial charge < -0.3 is 10.1 Å². The van der Waals surface area contributed by atoms with Gasteiger partial charge in [0.25, 0.3) is 5.91 Å². The summed E-state index contributed by atoms with van der Waals surface area (Å²) >= 11 is 0. The lowest BCUT2D eigenvalue weighted by molar-refractivity contribution is 0.0636. The van der Waals surface area contributed by atoms with Crippen LogP contribution in [0.2, 0.25) is 0 Å². The second-order valence-electron chi connectivity index (χ2n) is 6.29. The molecule has 0 aliphatic heterocycles. The van der Waals surface area contributed by atoms with Gasteiger partial charge in [-0.2, -0.15) is 0 Å². The highest BCUT2D eigenvalue weighted by molar-refractivity contribution is 6.07. The number of carbonyl (C=O) groups is 2. The van der Waals surface area contributed by atoms with Gasteiger partial charge in [0.1, 0.15) is 17.2 Å². The van der Waals surface area contributed by atoms with Gasteiger partial charge in [-0.25, -0.2) is 19.2 Å². The zero-order valence-corrected chi connectivity index (χ0v) is 14.4. The Morgan fingerprint density at radius 3 is 2.44 bits per heavy atom. The summed E-state index contributed by atoms with van der Waals surface area (Å²) in [5, 5.41) is 5.01. The molecule has 25 heavy (non-hydrogen) atoms. The first-order chi connectivity index (χ1) is 11.6. The van der Waals surface area contributed by atoms with Crippen molar-refractivity contribution in [3.8, 4) is 0 Å². The molecule has 2 amide bonds. The Hall–Kier alpha value is -3.03. The van der Waals surface area contributed by atoms with Gasteiger partial charge in [-0.15, -0.1) is 0 Å². The summed E-state index contributed by atoms with van der Waals surface area (Å²) in [5.41, 5.74) is 0.103. The van der Waals surface area contributed by atoms with Crippen molar-refractivity contribution in [2.75, 3.05) is 10.6 Å². The van der Waals surface area contributed by atoms with Gasteiger partial charge in [-0.05, 0) is 52.0 Å². The van der Waals surface area contributed by atoms with E-state index in [1.165, 1.54) is 12.1 Å². The molecule has 0 bridgehead atoms. The third-order valence-corrected chi connectivity index (χ3v) is 2.85. The van der Waals surface area contributed by atoms with Crippen LogP contribution in [0.1, 0.15) is 37.0 Å². The number of pyridine rings is 2. The van der Waals surface area contributed by atoms with Crippen molar-refractivity contribution >= 4 is 23.5 Å². The van der Waals surface area contributed by atoms with Gasteiger partial charge in [0.2, 0.25) is 0 Å². The molecule has 0 fully saturated rings. The number of hydrogen-bond acceptors (Lipinski definition) is 5. The second kappa shape index (κ2) is 7.25. The molecule has 8 heteroatoms. The van der Waals surface area contributed by atoms with Gasteiger partial charge in [-0.1, -0.05) is 0 Å². The lowest BCUT2D eigenvalue weighted by Gasteiger charge is -2.20. The minimum Gasteiger partial charge on any atom is -0.444 e. The van der Waals surface area contributed by atoms with Crippen molar-refractivity contribution < 1.29 is 18.7 Å². The number of ether oxygens (including phenoxy) is 1. The predicted molar refractivity (Wildman–Crippen MR) is 91.0 cm³/mol. The van der Waals surface area contributed by atoms with E-state index < -0.39 is 23.4 Å². The Bertz CT molecular complexity index is 785. The van der Waals surface area contributed by atoms with Crippen molar-refractivity contribution in [1.29, 1.82) is 0 Å². The Morgan fingerprint density at radius 2 is 1.84 bits per heavy atom. The van der Waals surface area contributed by atoms with Crippen LogP contribution in [0, 0.1) is 12.7 Å². The third kappa shape index (κ3) is 5.52. The van der Waals surface area contributed by atoms with Crippen molar-refractivity contribution in [1.82, 2.24) is 9.97 Å². The molecule has 0 aliphatic carbocycles. The molecule has 0 atom stereocenters. The lowest BCUT2D eigenvalue weighted by Crippen LogP contribution is -2.28. The maximum Gasteiger partial charge on any atom is 0.412 e. The van der Waals surface area contributed by atoms with E-state index in [1.54, 1.807) is 39.8 Å². The Kier molecular flexibility index (Phi) is 5.31. The number of nitrogens with zero attached hydrogens (tertiary/aromatic N) is 2. The van der Waals surface area contributed by atoms with Crippen LogP contribution < -0.4 is 10.6 Å². The highest BCUT2D eigenvalue weighted by Crippen LogP contribution is 2.18. The van der Waals surface area contributed by atoms with Crippen LogP contribution in [0.15, 0.2) is 30.5 Å². The highest BCUT2D eigenvalue weighted by atomic mass is 19.1. The molecular weight excluding hydrogens is 327 g/mol. The summed E-state index contributed by atoms with van der Waals surface area (Å²) in [6.07, 6.45) is 0.284. The van der Waals surface area contributed by atoms with Gasteiger partial charge in [0.15, 0.2) is 5.69 Å². The molecule has 0 radical (unpaired) electrons. The van der Waals surface area contributed by atoms with Crippen LogP contribution in [-0.2, 0) is 4.74 Å². The summed E-state index contributed by atoms with van der Waals surface area (Å²) < 4.78 is 18.1. The summed E-state index contributed by atoms with van der Waals surface area (Å²) in [6, 6.07) is 5.70. The molecule has 0 unspecified atom stereocenters. The maximum atomic E-state index is 12.9. The molecule has 2 aromatic heterocycles. The number of amides is 2. The standard InChI is InChI=1S/C17H19FN4O3/c1-10-5-7-12(21-16(24)25-17(2,3)4)14(20-10)15(23)22-13-8-6-11(18)9-19-13/h5-9H,1-4H3,(H,21,24)(H,19,22,23). The minimum atomic E-state index is -0.702. The SMILES string of the molecule is Cc1ccc(NC(=O)OC(C)(C)C)c(C(=O)Nc2ccc(F)cn2)n1. The fraction of sp³-hybridized carbons (Fsp3) is 0.294. The van der Waals surface area contributed by atoms with Gasteiger partial charge >= 0.3 is 6.09 Å². The molecule has 0 saturated carbocycles. The highest BCUT2D eigenvalue weighted by Gasteiger charge is 2.20. The molecule has 7 nitrogen and oxygen atoms in total. The molecule has 0 spiro atoms. The van der Waals surface area contributed by atoms with E-state index in [1.807, 2.05) is 0 Å². The zero-order valence-electron chi connectivity index (χ0n) is 14.4. The molecule has 132 valence electrons. The van der Waals surface area contributed by atoms with E-state index in [2.05, 4.69) is 20.6 Å². The molecule has 2 N–H and O–H groups in total. The summed E-state index contributed by atoms with van der Waals surface area (Å²) in [5.74, 6) is -0.939. The van der Waals surface area contributed by atoms with Gasteiger partial charge in [-0.3, -0.25) is 10.1 Å². The Morgan fingerprint density at radius 1 is 1.12 bits per heavy atom. The monoisotopic (exact) mass is 346 g/mol. The minimum absolute atomic E-state index is 0.00279. The number of carbonyl (C=O) groups excluding carboxylic acids is 2. The van der Waals surface area contributed by atoms with Crippen LogP contribution in [0.25, 0.3) is 0 Å². The van der Waals surface area contributed by atoms with Gasteiger partial charge in [0, 0.05) is 5.69 Å². The molecule has 2 heterocycles. The smallest absolute Gasteiger partial charge is 0.412 e. The van der Waals surface area contributed by atoms with Crippen molar-refractivity contribution in [2.45, 2.75) is 33.3 Å². The van der Waals surface area contributed by atoms with E-state index >= 15 is 0 Å². The number of anilines is 2. The fourth-order valence-corrected chi connectivity index (χ4v) is 1.87. The third-order valence-electron chi connectivity index (χ3n) is 2.85. The molecule has 2 rings (SSSR count). The predicted octanol–water partition coefficient (Wildman–Crippen LogP) is 3.52. The van der Waals surface area contributed by atoms with Crippen LogP contribution in [0.3, 0.4) is 0 Å². The fourth-order valence-electron chi connectivity index (χ4n) is 1.87. The summed E-state index contributed by atoms with van der Waals surface area (Å²) in [6.45, 7) is 6.90. The van der Waals surface area contributed by atoms with Crippen molar-refractivity contribution in [3.63, 3.8) is 0 Å².